The Balaban J connectivity index is 1.90. The minimum Gasteiger partial charge on any atom is -0.486 e. The number of hydrogen-bond donors (Lipinski definition) is 1. The van der Waals surface area contributed by atoms with E-state index in [1.807, 2.05) is 24.3 Å². The molecule has 1 aliphatic rings. The van der Waals surface area contributed by atoms with Crippen LogP contribution in [-0.2, 0) is 4.79 Å². The molecule has 1 heterocycles. The Morgan fingerprint density at radius 3 is 2.94 bits per heavy atom. The Labute approximate surface area is 102 Å². The molecule has 0 spiro atoms. The van der Waals surface area contributed by atoms with Gasteiger partial charge in [-0.15, -0.1) is 0 Å². The molecule has 0 aromatic heterocycles. The van der Waals surface area contributed by atoms with Crippen molar-refractivity contribution in [3.05, 3.63) is 24.3 Å². The van der Waals surface area contributed by atoms with Gasteiger partial charge in [-0.1, -0.05) is 28.1 Å². The Morgan fingerprint density at radius 2 is 2.19 bits per heavy atom. The summed E-state index contributed by atoms with van der Waals surface area (Å²) < 4.78 is 11.2. The maximum atomic E-state index is 11.0. The molecule has 0 aliphatic carbocycles. The lowest BCUT2D eigenvalue weighted by molar-refractivity contribution is -0.118. The van der Waals surface area contributed by atoms with E-state index >= 15 is 0 Å². The fraction of sp³-hybridized carbons (Fsp3) is 0.364. The van der Waals surface area contributed by atoms with E-state index < -0.39 is 0 Å². The quantitative estimate of drug-likeness (QED) is 0.853. The van der Waals surface area contributed by atoms with Crippen LogP contribution in [0, 0.1) is 0 Å². The van der Waals surface area contributed by atoms with E-state index in [0.29, 0.717) is 18.5 Å². The SMILES string of the molecule is O=C(CBr)NCC1COc2ccccc2O1. The van der Waals surface area contributed by atoms with E-state index in [1.54, 1.807) is 0 Å². The molecule has 4 nitrogen and oxygen atoms in total. The molecule has 1 aromatic carbocycles. The van der Waals surface area contributed by atoms with Crippen LogP contribution in [0.4, 0.5) is 0 Å². The van der Waals surface area contributed by atoms with Crippen molar-refractivity contribution in [1.29, 1.82) is 0 Å². The highest BCUT2D eigenvalue weighted by molar-refractivity contribution is 9.09. The Morgan fingerprint density at radius 1 is 1.44 bits per heavy atom. The van der Waals surface area contributed by atoms with E-state index in [4.69, 9.17) is 9.47 Å². The molecular weight excluding hydrogens is 274 g/mol. The molecule has 86 valence electrons. The van der Waals surface area contributed by atoms with Gasteiger partial charge in [0.25, 0.3) is 0 Å². The first-order valence-electron chi connectivity index (χ1n) is 5.00. The average Bonchev–Trinajstić information content (AvgIpc) is 2.35. The van der Waals surface area contributed by atoms with E-state index in [1.165, 1.54) is 0 Å². The molecule has 0 bridgehead atoms. The van der Waals surface area contributed by atoms with Crippen molar-refractivity contribution < 1.29 is 14.3 Å². The van der Waals surface area contributed by atoms with Gasteiger partial charge in [0, 0.05) is 0 Å². The van der Waals surface area contributed by atoms with Gasteiger partial charge in [-0.05, 0) is 12.1 Å². The number of halogens is 1. The smallest absolute Gasteiger partial charge is 0.230 e. The molecule has 16 heavy (non-hydrogen) atoms. The van der Waals surface area contributed by atoms with Gasteiger partial charge in [0.2, 0.25) is 5.91 Å². The second-order valence-electron chi connectivity index (χ2n) is 3.44. The zero-order valence-corrected chi connectivity index (χ0v) is 10.2. The lowest BCUT2D eigenvalue weighted by Crippen LogP contribution is -2.41. The van der Waals surface area contributed by atoms with Gasteiger partial charge < -0.3 is 14.8 Å². The van der Waals surface area contributed by atoms with Crippen LogP contribution in [0.5, 0.6) is 11.5 Å². The third kappa shape index (κ3) is 2.66. The standard InChI is InChI=1S/C11H12BrNO3/c12-5-11(14)13-6-8-7-15-9-3-1-2-4-10(9)16-8/h1-4,8H,5-7H2,(H,13,14). The number of fused-ring (bicyclic) bond motifs is 1. The van der Waals surface area contributed by atoms with Crippen LogP contribution in [0.3, 0.4) is 0 Å². The molecule has 1 unspecified atom stereocenters. The zero-order chi connectivity index (χ0) is 11.4. The largest absolute Gasteiger partial charge is 0.486 e. The zero-order valence-electron chi connectivity index (χ0n) is 8.61. The molecule has 0 saturated heterocycles. The van der Waals surface area contributed by atoms with Crippen LogP contribution in [0.25, 0.3) is 0 Å². The Hall–Kier alpha value is -1.23. The third-order valence-corrected chi connectivity index (χ3v) is 2.73. The number of alkyl halides is 1. The van der Waals surface area contributed by atoms with Crippen molar-refractivity contribution in [2.45, 2.75) is 6.10 Å². The molecule has 1 atom stereocenters. The number of rotatable bonds is 3. The van der Waals surface area contributed by atoms with Crippen LogP contribution in [0.15, 0.2) is 24.3 Å². The molecule has 1 N–H and O–H groups in total. The maximum absolute atomic E-state index is 11.0. The lowest BCUT2D eigenvalue weighted by Gasteiger charge is -2.26. The molecule has 1 aromatic rings. The summed E-state index contributed by atoms with van der Waals surface area (Å²) in [6, 6.07) is 7.51. The van der Waals surface area contributed by atoms with Crippen molar-refractivity contribution >= 4 is 21.8 Å². The fourth-order valence-electron chi connectivity index (χ4n) is 1.44. The number of benzene rings is 1. The van der Waals surface area contributed by atoms with E-state index in [-0.39, 0.29) is 12.0 Å². The molecule has 1 aliphatic heterocycles. The van der Waals surface area contributed by atoms with Crippen molar-refractivity contribution in [2.24, 2.45) is 0 Å². The van der Waals surface area contributed by atoms with E-state index in [0.717, 1.165) is 11.5 Å². The molecule has 0 fully saturated rings. The predicted octanol–water partition coefficient (Wildman–Crippen LogP) is 1.34. The molecule has 1 amide bonds. The van der Waals surface area contributed by atoms with E-state index in [9.17, 15) is 4.79 Å². The summed E-state index contributed by atoms with van der Waals surface area (Å²) in [5.74, 6) is 1.43. The Kier molecular flexibility index (Phi) is 3.66. The Bertz CT molecular complexity index is 383. The highest BCUT2D eigenvalue weighted by Crippen LogP contribution is 2.30. The van der Waals surface area contributed by atoms with Gasteiger partial charge in [-0.2, -0.15) is 0 Å². The minimum atomic E-state index is -0.127. The number of ether oxygens (including phenoxy) is 2. The number of para-hydroxylation sites is 2. The number of amides is 1. The predicted molar refractivity (Wildman–Crippen MR) is 63.2 cm³/mol. The topological polar surface area (TPSA) is 47.6 Å². The van der Waals surface area contributed by atoms with Gasteiger partial charge in [0.1, 0.15) is 12.7 Å². The molecular formula is C11H12BrNO3. The third-order valence-electron chi connectivity index (χ3n) is 2.22. The van der Waals surface area contributed by atoms with Crippen molar-refractivity contribution in [2.75, 3.05) is 18.5 Å². The summed E-state index contributed by atoms with van der Waals surface area (Å²) >= 11 is 3.08. The van der Waals surface area contributed by atoms with Crippen LogP contribution in [0.2, 0.25) is 0 Å². The molecule has 5 heteroatoms. The van der Waals surface area contributed by atoms with Crippen LogP contribution in [0.1, 0.15) is 0 Å². The number of carbonyl (C=O) groups is 1. The van der Waals surface area contributed by atoms with Gasteiger partial charge in [-0.3, -0.25) is 4.79 Å². The summed E-state index contributed by atoms with van der Waals surface area (Å²) in [6.45, 7) is 0.915. The summed E-state index contributed by atoms with van der Waals surface area (Å²) in [4.78, 5) is 11.0. The van der Waals surface area contributed by atoms with Crippen molar-refractivity contribution in [3.8, 4) is 11.5 Å². The van der Waals surface area contributed by atoms with Gasteiger partial charge in [-0.25, -0.2) is 0 Å². The summed E-state index contributed by atoms with van der Waals surface area (Å²) in [5.41, 5.74) is 0. The first-order valence-corrected chi connectivity index (χ1v) is 6.13. The van der Waals surface area contributed by atoms with Crippen LogP contribution < -0.4 is 14.8 Å². The molecule has 0 saturated carbocycles. The van der Waals surface area contributed by atoms with Crippen LogP contribution in [-0.4, -0.2) is 30.5 Å². The summed E-state index contributed by atoms with van der Waals surface area (Å²) in [7, 11) is 0. The highest BCUT2D eigenvalue weighted by atomic mass is 79.9. The minimum absolute atomic E-state index is 0.0533. The van der Waals surface area contributed by atoms with Gasteiger partial charge >= 0.3 is 0 Å². The lowest BCUT2D eigenvalue weighted by atomic mass is 10.2. The fourth-order valence-corrected chi connectivity index (χ4v) is 1.64. The average molecular weight is 286 g/mol. The summed E-state index contributed by atoms with van der Waals surface area (Å²) in [6.07, 6.45) is -0.127. The van der Waals surface area contributed by atoms with Gasteiger partial charge in [0.15, 0.2) is 11.5 Å². The molecule has 2 rings (SSSR count). The second kappa shape index (κ2) is 5.21. The van der Waals surface area contributed by atoms with Crippen molar-refractivity contribution in [3.63, 3.8) is 0 Å². The van der Waals surface area contributed by atoms with E-state index in [2.05, 4.69) is 21.2 Å². The number of nitrogens with one attached hydrogen (secondary N) is 1. The normalized spacial score (nSPS) is 17.9. The first kappa shape index (κ1) is 11.3. The van der Waals surface area contributed by atoms with Crippen molar-refractivity contribution in [1.82, 2.24) is 5.32 Å². The number of hydrogen-bond acceptors (Lipinski definition) is 3. The number of carbonyl (C=O) groups excluding carboxylic acids is 1. The monoisotopic (exact) mass is 285 g/mol. The first-order chi connectivity index (χ1) is 7.79. The van der Waals surface area contributed by atoms with Gasteiger partial charge in [0.05, 0.1) is 11.9 Å². The highest BCUT2D eigenvalue weighted by Gasteiger charge is 2.20. The second-order valence-corrected chi connectivity index (χ2v) is 4.00. The maximum Gasteiger partial charge on any atom is 0.230 e. The molecule has 0 radical (unpaired) electrons. The summed E-state index contributed by atoms with van der Waals surface area (Å²) in [5, 5.41) is 3.04. The van der Waals surface area contributed by atoms with Crippen LogP contribution >= 0.6 is 15.9 Å².